The number of pyridine rings is 2. The summed E-state index contributed by atoms with van der Waals surface area (Å²) < 4.78 is 11.2. The molecule has 590 valence electrons. The summed E-state index contributed by atoms with van der Waals surface area (Å²) in [6.45, 7) is 8.73. The summed E-state index contributed by atoms with van der Waals surface area (Å²) in [5.74, 6) is 0.475. The fourth-order valence-corrected chi connectivity index (χ4v) is 12.9. The zero-order chi connectivity index (χ0) is 80.5. The molecule has 3 unspecified atom stereocenters. The number of aldehydes is 1. The number of halogens is 13. The molecular formula is C86H86BrCl12MgN4O7P. The number of benzene rings is 9. The summed E-state index contributed by atoms with van der Waals surface area (Å²) in [5.41, 5.74) is 9.09. The molecule has 11 nitrogen and oxygen atoms in total. The number of aliphatic hydroxyl groups is 2. The van der Waals surface area contributed by atoms with Crippen molar-refractivity contribution in [3.05, 3.63) is 342 Å². The summed E-state index contributed by atoms with van der Waals surface area (Å²) in [4.78, 5) is 45.9. The van der Waals surface area contributed by atoms with Crippen LogP contribution in [-0.2, 0) is 12.0 Å². The third-order valence-electron chi connectivity index (χ3n) is 16.0. The summed E-state index contributed by atoms with van der Waals surface area (Å²) >= 11 is 71.2. The number of nitrogens with zero attached hydrogens (tertiary/aromatic N) is 4. The average molecular weight is 1850 g/mol. The molecule has 26 heteroatoms. The van der Waals surface area contributed by atoms with Gasteiger partial charge in [0.25, 0.3) is 0 Å². The second kappa shape index (κ2) is 53.3. The number of aromatic nitrogens is 2. The normalized spacial score (nSPS) is 11.3. The number of methoxy groups -OCH3 is 2. The first-order chi connectivity index (χ1) is 51.9. The van der Waals surface area contributed by atoms with Crippen molar-refractivity contribution >= 4 is 189 Å². The van der Waals surface area contributed by atoms with Crippen LogP contribution >= 0.6 is 148 Å². The van der Waals surface area contributed by atoms with E-state index in [2.05, 4.69) is 41.5 Å². The molecular weight excluding hydrogens is 1760 g/mol. The largest absolute Gasteiger partial charge is 2.00 e. The Kier molecular flexibility index (Phi) is 49.0. The molecule has 112 heavy (non-hydrogen) atoms. The Morgan fingerprint density at radius 1 is 0.518 bits per heavy atom. The van der Waals surface area contributed by atoms with Gasteiger partial charge in [0.1, 0.15) is 5.60 Å². The first-order valence-corrected chi connectivity index (χ1v) is 40.1. The van der Waals surface area contributed by atoms with E-state index in [1.165, 1.54) is 12.5 Å². The van der Waals surface area contributed by atoms with E-state index in [9.17, 15) is 24.6 Å². The molecule has 0 radical (unpaired) electrons. The Balaban J connectivity index is 0.000000485. The van der Waals surface area contributed by atoms with Gasteiger partial charge < -0.3 is 53.9 Å². The van der Waals surface area contributed by atoms with Crippen LogP contribution in [-0.4, -0.2) is 140 Å². The number of Topliss-reactive ketones (excluding diaryl/α,β-unsaturated/α-hetero) is 2. The van der Waals surface area contributed by atoms with Gasteiger partial charge in [0.15, 0.2) is 17.9 Å². The molecule has 0 bridgehead atoms. The molecule has 2 N–H and O–H groups in total. The second-order valence-corrected chi connectivity index (χ2v) is 30.4. The quantitative estimate of drug-likeness (QED) is 0.0248. The van der Waals surface area contributed by atoms with E-state index in [0.29, 0.717) is 127 Å². The minimum atomic E-state index is -1.44. The van der Waals surface area contributed by atoms with Crippen LogP contribution in [0, 0.1) is 7.43 Å². The van der Waals surface area contributed by atoms with E-state index in [4.69, 9.17) is 149 Å². The number of rotatable bonds is 20. The first kappa shape index (κ1) is 103. The third-order valence-corrected chi connectivity index (χ3v) is 20.6. The van der Waals surface area contributed by atoms with Crippen LogP contribution in [0.3, 0.4) is 0 Å². The minimum absolute atomic E-state index is 0. The maximum absolute atomic E-state index is 12.8. The van der Waals surface area contributed by atoms with Crippen molar-refractivity contribution in [1.29, 1.82) is 0 Å². The molecule has 0 saturated carbocycles. The minimum Gasteiger partial charge on any atom is -1.00 e. The van der Waals surface area contributed by atoms with E-state index in [1.807, 2.05) is 159 Å². The molecule has 0 aliphatic rings. The van der Waals surface area contributed by atoms with E-state index >= 15 is 0 Å². The average Bonchev–Trinajstić information content (AvgIpc) is 0.746. The molecule has 0 saturated heterocycles. The Morgan fingerprint density at radius 3 is 1.40 bits per heavy atom. The number of aliphatic hydroxyl groups excluding tert-OH is 1. The van der Waals surface area contributed by atoms with Crippen LogP contribution in [0.5, 0.6) is 11.8 Å². The van der Waals surface area contributed by atoms with E-state index in [0.717, 1.165) is 59.0 Å². The molecule has 0 fully saturated rings. The van der Waals surface area contributed by atoms with Gasteiger partial charge >= 0.3 is 23.1 Å². The van der Waals surface area contributed by atoms with Gasteiger partial charge in [-0.2, -0.15) is 0 Å². The van der Waals surface area contributed by atoms with E-state index < -0.39 is 17.6 Å². The van der Waals surface area contributed by atoms with Gasteiger partial charge in [0.2, 0.25) is 11.8 Å². The van der Waals surface area contributed by atoms with Crippen molar-refractivity contribution in [2.24, 2.45) is 0 Å². The number of hydrogen-bond acceptors (Lipinski definition) is 11. The Morgan fingerprint density at radius 2 is 0.946 bits per heavy atom. The Bertz CT molecular complexity index is 4720. The van der Waals surface area contributed by atoms with Gasteiger partial charge in [-0.15, -0.1) is 8.58 Å². The van der Waals surface area contributed by atoms with Crippen molar-refractivity contribution in [3.63, 3.8) is 0 Å². The fraction of sp³-hybridized carbons (Fsp3) is 0.209. The van der Waals surface area contributed by atoms with Crippen LogP contribution < -0.4 is 26.5 Å². The van der Waals surface area contributed by atoms with E-state index in [-0.39, 0.29) is 59.0 Å². The fourth-order valence-electron chi connectivity index (χ4n) is 10.5. The molecule has 0 aliphatic carbocycles. The van der Waals surface area contributed by atoms with Crippen LogP contribution in [0.2, 0.25) is 60.3 Å². The van der Waals surface area contributed by atoms with Gasteiger partial charge in [-0.05, 0) is 163 Å². The number of hydrogen-bond donors (Lipinski definition) is 2. The molecule has 0 amide bonds. The van der Waals surface area contributed by atoms with Crippen molar-refractivity contribution in [1.82, 2.24) is 19.8 Å². The van der Waals surface area contributed by atoms with Gasteiger partial charge in [-0.25, -0.2) is 9.97 Å². The van der Waals surface area contributed by atoms with E-state index in [1.54, 1.807) is 106 Å². The molecule has 2 heterocycles. The monoisotopic (exact) mass is 1840 g/mol. The van der Waals surface area contributed by atoms with Crippen LogP contribution in [0.25, 0.3) is 22.3 Å². The third kappa shape index (κ3) is 32.1. The predicted octanol–water partition coefficient (Wildman–Crippen LogP) is 22.9. The topological polar surface area (TPSA) is 142 Å². The Hall–Kier alpha value is -5.11. The predicted molar refractivity (Wildman–Crippen MR) is 475 cm³/mol. The number of carbonyl (C=O) groups excluding carboxylic acids is 3. The molecule has 11 aromatic rings. The van der Waals surface area contributed by atoms with Crippen LogP contribution in [0.15, 0.2) is 225 Å². The second-order valence-electron chi connectivity index (χ2n) is 24.6. The summed E-state index contributed by atoms with van der Waals surface area (Å²) in [5, 5.41) is 27.2. The van der Waals surface area contributed by atoms with Crippen molar-refractivity contribution in [2.45, 2.75) is 50.7 Å². The standard InChI is InChI=1S/C30H29Cl3N2O2.C19H16ClNO.C11H13Cl2NO.C8H8Cl2O.C8H6Cl2O.C7H4Cl2O.C2H7P.CH3.BrH.Mg/c1-35(2)17-16-30(36,25-10-7-11-26(32)28(25)33)27(21-8-5-4-6-9-21)24-18-22(19-34-29(24)37-3)20-12-14-23(31)15-13-20;1-22-19-16(11-14-5-3-2-4-6-14)12-17(13-21-19)15-7-9-18(20)10-8-15;1-14(2)7-6-10(15)8-4-3-5-9(12)11(8)13;2*1-5(11)6-3-2-4-7(9)8(6)10;8-6-3-1-2-5(4-10)7(6)9;1-3-2;;;/h4-15,18-19,27,36H,16-17H2,1-3H3;2-10,12-13H,11H2,1H3;3-5H,6-7H2,1-2H3;2-5,11H,1H3;2-4H,1H3;1-4H;3H,1-2H3;1H3;1H;/q;;;;;;;-1;;+2/p-1. The summed E-state index contributed by atoms with van der Waals surface area (Å²) in [6.07, 6.45) is 5.32. The van der Waals surface area contributed by atoms with Crippen LogP contribution in [0.1, 0.15) is 103 Å². The smallest absolute Gasteiger partial charge is 1.00 e. The molecule has 9 aromatic carbocycles. The first-order valence-electron chi connectivity index (χ1n) is 33.6. The molecule has 2 aromatic heterocycles. The molecule has 3 atom stereocenters. The molecule has 0 aliphatic heterocycles. The summed E-state index contributed by atoms with van der Waals surface area (Å²) in [7, 11) is 12.1. The maximum atomic E-state index is 12.8. The molecule has 0 spiro atoms. The van der Waals surface area contributed by atoms with Crippen molar-refractivity contribution in [3.8, 4) is 34.0 Å². The zero-order valence-corrected chi connectivity index (χ0v) is 76.5. The SMILES string of the molecule is CC(=O)c1cccc(Cl)c1Cl.CC(O)c1cccc(Cl)c1Cl.CN(C)CCC(=O)c1cccc(Cl)c1Cl.COc1ncc(-c2ccc(Cl)cc2)cc1C(c1ccccc1)C(O)(CCN(C)C)c1cccc(Cl)c1Cl.COc1ncc(-c2ccc(Cl)cc2)cc1Cc1ccccc1.CPC.O=Cc1cccc(Cl)c1Cl.[Br-].[CH3-].[Mg+2]. The number of ketones is 2. The van der Waals surface area contributed by atoms with Gasteiger partial charge in [-0.1, -0.05) is 273 Å². The van der Waals surface area contributed by atoms with Gasteiger partial charge in [0.05, 0.1) is 70.5 Å². The zero-order valence-electron chi connectivity index (χ0n) is 63.5. The van der Waals surface area contributed by atoms with Crippen molar-refractivity contribution in [2.75, 3.05) is 68.8 Å². The van der Waals surface area contributed by atoms with Gasteiger partial charge in [-0.3, -0.25) is 14.4 Å². The number of ether oxygens (including phenoxy) is 2. The Labute approximate surface area is 748 Å². The maximum Gasteiger partial charge on any atom is 2.00 e. The number of carbonyl (C=O) groups is 3. The van der Waals surface area contributed by atoms with Crippen LogP contribution in [0.4, 0.5) is 0 Å². The van der Waals surface area contributed by atoms with Gasteiger partial charge in [0, 0.05) is 104 Å². The van der Waals surface area contributed by atoms with Crippen molar-refractivity contribution < 1.29 is 51.1 Å². The molecule has 11 rings (SSSR count). The summed E-state index contributed by atoms with van der Waals surface area (Å²) in [6, 6.07) is 65.3.